The zero-order chi connectivity index (χ0) is 10.1. The van der Waals surface area contributed by atoms with E-state index in [9.17, 15) is 0 Å². The molecule has 0 N–H and O–H groups in total. The van der Waals surface area contributed by atoms with E-state index in [0.29, 0.717) is 11.1 Å². The molecule has 1 atom stereocenters. The Morgan fingerprint density at radius 3 is 2.71 bits per heavy atom. The summed E-state index contributed by atoms with van der Waals surface area (Å²) >= 11 is 5.87. The number of hydrogen-bond donors (Lipinski definition) is 0. The van der Waals surface area contributed by atoms with Crippen LogP contribution in [0.3, 0.4) is 0 Å². The minimum Gasteiger partial charge on any atom is -0.373 e. The van der Waals surface area contributed by atoms with Gasteiger partial charge in [-0.1, -0.05) is 11.6 Å². The van der Waals surface area contributed by atoms with Gasteiger partial charge in [-0.15, -0.1) is 0 Å². The number of aromatic nitrogens is 2. The molecule has 0 saturated heterocycles. The van der Waals surface area contributed by atoms with Crippen molar-refractivity contribution in [3.8, 4) is 0 Å². The van der Waals surface area contributed by atoms with E-state index in [-0.39, 0.29) is 6.10 Å². The average molecular weight is 213 g/mol. The first kappa shape index (κ1) is 9.87. The van der Waals surface area contributed by atoms with Gasteiger partial charge in [-0.3, -0.25) is 0 Å². The quantitative estimate of drug-likeness (QED) is 0.723. The zero-order valence-corrected chi connectivity index (χ0v) is 9.08. The largest absolute Gasteiger partial charge is 0.373 e. The van der Waals surface area contributed by atoms with Gasteiger partial charge in [0.05, 0.1) is 0 Å². The van der Waals surface area contributed by atoms with Crippen LogP contribution in [0.25, 0.3) is 0 Å². The van der Waals surface area contributed by atoms with Crippen LogP contribution in [0.2, 0.25) is 5.15 Å². The standard InChI is InChI=1S/C10H13ClN2O/c1-6-5-8(11)13-10(12-6)9(14-2)7-3-4-7/h5,7,9H,3-4H2,1-2H3. The number of rotatable bonds is 3. The van der Waals surface area contributed by atoms with Crippen molar-refractivity contribution in [2.75, 3.05) is 7.11 Å². The highest BCUT2D eigenvalue weighted by Gasteiger charge is 2.34. The number of ether oxygens (including phenoxy) is 1. The predicted molar refractivity (Wildman–Crippen MR) is 54.3 cm³/mol. The fourth-order valence-electron chi connectivity index (χ4n) is 1.59. The number of methoxy groups -OCH3 is 1. The van der Waals surface area contributed by atoms with Crippen LogP contribution in [-0.2, 0) is 4.74 Å². The van der Waals surface area contributed by atoms with E-state index in [1.165, 1.54) is 12.8 Å². The van der Waals surface area contributed by atoms with E-state index in [0.717, 1.165) is 11.5 Å². The van der Waals surface area contributed by atoms with E-state index < -0.39 is 0 Å². The van der Waals surface area contributed by atoms with Crippen LogP contribution >= 0.6 is 11.6 Å². The van der Waals surface area contributed by atoms with E-state index in [2.05, 4.69) is 9.97 Å². The molecular formula is C10H13ClN2O. The molecule has 1 aromatic heterocycles. The molecule has 1 unspecified atom stereocenters. The molecule has 0 spiro atoms. The molecule has 1 aliphatic carbocycles. The molecule has 14 heavy (non-hydrogen) atoms. The topological polar surface area (TPSA) is 35.0 Å². The first-order chi connectivity index (χ1) is 6.70. The van der Waals surface area contributed by atoms with Crippen molar-refractivity contribution in [2.45, 2.75) is 25.9 Å². The van der Waals surface area contributed by atoms with Crippen LogP contribution in [0.1, 0.15) is 30.5 Å². The second-order valence-electron chi connectivity index (χ2n) is 3.68. The zero-order valence-electron chi connectivity index (χ0n) is 8.33. The molecule has 2 rings (SSSR count). The van der Waals surface area contributed by atoms with Crippen molar-refractivity contribution in [2.24, 2.45) is 5.92 Å². The Morgan fingerprint density at radius 1 is 1.50 bits per heavy atom. The minimum absolute atomic E-state index is 0.0207. The van der Waals surface area contributed by atoms with E-state index >= 15 is 0 Å². The molecule has 1 aliphatic rings. The number of halogens is 1. The summed E-state index contributed by atoms with van der Waals surface area (Å²) in [7, 11) is 1.70. The van der Waals surface area contributed by atoms with E-state index in [1.54, 1.807) is 13.2 Å². The summed E-state index contributed by atoms with van der Waals surface area (Å²) in [6, 6.07) is 1.75. The third-order valence-corrected chi connectivity index (χ3v) is 2.59. The van der Waals surface area contributed by atoms with Crippen LogP contribution in [-0.4, -0.2) is 17.1 Å². The van der Waals surface area contributed by atoms with Crippen LogP contribution in [0.15, 0.2) is 6.07 Å². The Labute approximate surface area is 88.5 Å². The summed E-state index contributed by atoms with van der Waals surface area (Å²) in [5.74, 6) is 1.30. The molecule has 0 radical (unpaired) electrons. The second kappa shape index (κ2) is 3.83. The van der Waals surface area contributed by atoms with Crippen molar-refractivity contribution in [3.63, 3.8) is 0 Å². The fraction of sp³-hybridized carbons (Fsp3) is 0.600. The van der Waals surface area contributed by atoms with Crippen molar-refractivity contribution >= 4 is 11.6 Å². The van der Waals surface area contributed by atoms with Gasteiger partial charge in [0, 0.05) is 12.8 Å². The maximum absolute atomic E-state index is 5.87. The Balaban J connectivity index is 2.28. The molecule has 0 bridgehead atoms. The van der Waals surface area contributed by atoms with E-state index in [4.69, 9.17) is 16.3 Å². The molecule has 1 heterocycles. The molecule has 1 saturated carbocycles. The molecule has 4 heteroatoms. The van der Waals surface area contributed by atoms with Gasteiger partial charge in [0.15, 0.2) is 5.82 Å². The fourth-order valence-corrected chi connectivity index (χ4v) is 1.83. The summed E-state index contributed by atoms with van der Waals surface area (Å²) in [6.45, 7) is 1.91. The lowest BCUT2D eigenvalue weighted by Crippen LogP contribution is -2.09. The molecule has 0 aliphatic heterocycles. The molecular weight excluding hydrogens is 200 g/mol. The Bertz CT molecular complexity index is 319. The van der Waals surface area contributed by atoms with Crippen molar-refractivity contribution in [3.05, 3.63) is 22.7 Å². The number of hydrogen-bond acceptors (Lipinski definition) is 3. The summed E-state index contributed by atoms with van der Waals surface area (Å²) in [4.78, 5) is 8.54. The van der Waals surface area contributed by atoms with Gasteiger partial charge in [-0.05, 0) is 31.7 Å². The first-order valence-electron chi connectivity index (χ1n) is 4.74. The summed E-state index contributed by atoms with van der Waals surface area (Å²) in [6.07, 6.45) is 2.42. The van der Waals surface area contributed by atoms with Gasteiger partial charge in [-0.25, -0.2) is 9.97 Å². The van der Waals surface area contributed by atoms with Crippen LogP contribution in [0.4, 0.5) is 0 Å². The molecule has 0 amide bonds. The Kier molecular flexibility index (Phi) is 2.70. The Morgan fingerprint density at radius 2 is 2.21 bits per heavy atom. The maximum atomic E-state index is 5.87. The van der Waals surface area contributed by atoms with Gasteiger partial charge >= 0.3 is 0 Å². The average Bonchev–Trinajstić information content (AvgIpc) is 2.87. The first-order valence-corrected chi connectivity index (χ1v) is 5.12. The van der Waals surface area contributed by atoms with Crippen molar-refractivity contribution in [1.82, 2.24) is 9.97 Å². The third kappa shape index (κ3) is 2.04. The summed E-state index contributed by atoms with van der Waals surface area (Å²) in [5.41, 5.74) is 0.891. The highest BCUT2D eigenvalue weighted by Crippen LogP contribution is 2.41. The molecule has 1 fully saturated rings. The molecule has 1 aromatic rings. The Hall–Kier alpha value is -0.670. The molecule has 0 aromatic carbocycles. The number of nitrogens with zero attached hydrogens (tertiary/aromatic N) is 2. The molecule has 76 valence electrons. The lowest BCUT2D eigenvalue weighted by atomic mass is 10.2. The minimum atomic E-state index is 0.0207. The van der Waals surface area contributed by atoms with Gasteiger partial charge in [0.1, 0.15) is 11.3 Å². The van der Waals surface area contributed by atoms with Crippen LogP contribution < -0.4 is 0 Å². The second-order valence-corrected chi connectivity index (χ2v) is 4.07. The van der Waals surface area contributed by atoms with Crippen LogP contribution in [0, 0.1) is 12.8 Å². The number of aryl methyl sites for hydroxylation is 1. The van der Waals surface area contributed by atoms with Gasteiger partial charge in [-0.2, -0.15) is 0 Å². The summed E-state index contributed by atoms with van der Waals surface area (Å²) in [5, 5.41) is 0.496. The van der Waals surface area contributed by atoms with Gasteiger partial charge < -0.3 is 4.74 Å². The highest BCUT2D eigenvalue weighted by molar-refractivity contribution is 6.29. The SMILES string of the molecule is COC(c1nc(C)cc(Cl)n1)C1CC1. The van der Waals surface area contributed by atoms with Crippen molar-refractivity contribution < 1.29 is 4.74 Å². The van der Waals surface area contributed by atoms with Gasteiger partial charge in [0.25, 0.3) is 0 Å². The highest BCUT2D eigenvalue weighted by atomic mass is 35.5. The molecule has 3 nitrogen and oxygen atoms in total. The normalized spacial score (nSPS) is 18.2. The third-order valence-electron chi connectivity index (χ3n) is 2.40. The summed E-state index contributed by atoms with van der Waals surface area (Å²) < 4.78 is 5.39. The lowest BCUT2D eigenvalue weighted by Gasteiger charge is -2.13. The lowest BCUT2D eigenvalue weighted by molar-refractivity contribution is 0.0771. The van der Waals surface area contributed by atoms with Crippen molar-refractivity contribution in [1.29, 1.82) is 0 Å². The maximum Gasteiger partial charge on any atom is 0.159 e. The predicted octanol–water partition coefficient (Wildman–Crippen LogP) is 2.54. The smallest absolute Gasteiger partial charge is 0.159 e. The van der Waals surface area contributed by atoms with E-state index in [1.807, 2.05) is 6.92 Å². The van der Waals surface area contributed by atoms with Gasteiger partial charge in [0.2, 0.25) is 0 Å². The monoisotopic (exact) mass is 212 g/mol. The van der Waals surface area contributed by atoms with Crippen LogP contribution in [0.5, 0.6) is 0 Å².